The van der Waals surface area contributed by atoms with E-state index in [0.717, 1.165) is 0 Å². The molecule has 0 saturated heterocycles. The molecule has 0 fully saturated rings. The van der Waals surface area contributed by atoms with Crippen LogP contribution in [0.4, 0.5) is 8.78 Å². The zero-order chi connectivity index (χ0) is 9.56. The van der Waals surface area contributed by atoms with E-state index < -0.39 is 12.2 Å². The van der Waals surface area contributed by atoms with E-state index in [2.05, 4.69) is 9.97 Å². The van der Waals surface area contributed by atoms with E-state index in [-0.39, 0.29) is 0 Å². The van der Waals surface area contributed by atoms with E-state index >= 15 is 0 Å². The number of aryl methyl sites for hydroxylation is 1. The van der Waals surface area contributed by atoms with Crippen molar-refractivity contribution in [3.8, 4) is 0 Å². The van der Waals surface area contributed by atoms with Crippen molar-refractivity contribution in [1.29, 1.82) is 0 Å². The van der Waals surface area contributed by atoms with Gasteiger partial charge in [-0.3, -0.25) is 0 Å². The van der Waals surface area contributed by atoms with Gasteiger partial charge in [-0.25, -0.2) is 18.7 Å². The lowest BCUT2D eigenvalue weighted by Crippen LogP contribution is -1.95. The van der Waals surface area contributed by atoms with Crippen molar-refractivity contribution in [3.63, 3.8) is 0 Å². The Labute approximate surface area is 70.7 Å². The molecule has 1 rings (SSSR count). The number of alkyl halides is 2. The zero-order valence-electron chi connectivity index (χ0n) is 7.38. The van der Waals surface area contributed by atoms with Crippen LogP contribution in [0.3, 0.4) is 0 Å². The van der Waals surface area contributed by atoms with Gasteiger partial charge in [-0.05, 0) is 13.0 Å². The van der Waals surface area contributed by atoms with Gasteiger partial charge in [0.15, 0.2) is 5.82 Å². The monoisotopic (exact) mass is 174 g/mol. The van der Waals surface area contributed by atoms with Gasteiger partial charge in [-0.1, -0.05) is 13.8 Å². The van der Waals surface area contributed by atoms with Crippen LogP contribution in [0, 0.1) is 6.92 Å². The fourth-order valence-electron chi connectivity index (χ4n) is 0.573. The summed E-state index contributed by atoms with van der Waals surface area (Å²) in [5, 5.41) is 0. The van der Waals surface area contributed by atoms with Crippen molar-refractivity contribution < 1.29 is 8.78 Å². The van der Waals surface area contributed by atoms with E-state index in [1.54, 1.807) is 13.0 Å². The molecule has 0 amide bonds. The molecule has 0 bridgehead atoms. The van der Waals surface area contributed by atoms with Crippen LogP contribution in [0.15, 0.2) is 12.3 Å². The third-order valence-electron chi connectivity index (χ3n) is 1.01. The lowest BCUT2D eigenvalue weighted by atomic mass is 10.4. The van der Waals surface area contributed by atoms with Gasteiger partial charge >= 0.3 is 0 Å². The molecule has 0 atom stereocenters. The Bertz CT molecular complexity index is 226. The summed E-state index contributed by atoms with van der Waals surface area (Å²) < 4.78 is 23.6. The Morgan fingerprint density at radius 1 is 1.33 bits per heavy atom. The van der Waals surface area contributed by atoms with Crippen LogP contribution in [0.2, 0.25) is 0 Å². The lowest BCUT2D eigenvalue weighted by molar-refractivity contribution is 0.140. The Balaban J connectivity index is 0.000000561. The third kappa shape index (κ3) is 3.37. The van der Waals surface area contributed by atoms with E-state index in [4.69, 9.17) is 0 Å². The highest BCUT2D eigenvalue weighted by molar-refractivity contribution is 4.99. The van der Waals surface area contributed by atoms with Crippen LogP contribution in [-0.2, 0) is 0 Å². The summed E-state index contributed by atoms with van der Waals surface area (Å²) in [7, 11) is 0. The first kappa shape index (κ1) is 10.9. The highest BCUT2D eigenvalue weighted by Crippen LogP contribution is 2.12. The molecule has 1 heterocycles. The molecule has 0 N–H and O–H groups in total. The zero-order valence-corrected chi connectivity index (χ0v) is 7.38. The van der Waals surface area contributed by atoms with Gasteiger partial charge in [0, 0.05) is 11.9 Å². The number of halogens is 2. The van der Waals surface area contributed by atoms with Crippen molar-refractivity contribution in [3.05, 3.63) is 23.8 Å². The van der Waals surface area contributed by atoms with Gasteiger partial charge in [-0.15, -0.1) is 0 Å². The minimum absolute atomic E-state index is 0.403. The summed E-state index contributed by atoms with van der Waals surface area (Å²) in [5.41, 5.74) is 0.560. The largest absolute Gasteiger partial charge is 0.297 e. The molecule has 68 valence electrons. The quantitative estimate of drug-likeness (QED) is 0.654. The first-order valence-corrected chi connectivity index (χ1v) is 3.78. The molecule has 0 saturated carbocycles. The topological polar surface area (TPSA) is 25.8 Å². The summed E-state index contributed by atoms with van der Waals surface area (Å²) >= 11 is 0. The van der Waals surface area contributed by atoms with Gasteiger partial charge in [-0.2, -0.15) is 0 Å². The maximum atomic E-state index is 11.8. The molecule has 0 aromatic carbocycles. The summed E-state index contributed by atoms with van der Waals surface area (Å²) in [4.78, 5) is 6.89. The molecule has 1 aromatic rings. The van der Waals surface area contributed by atoms with Crippen molar-refractivity contribution >= 4 is 0 Å². The maximum Gasteiger partial charge on any atom is 0.297 e. The molecule has 0 aliphatic carbocycles. The summed E-state index contributed by atoms with van der Waals surface area (Å²) in [6.45, 7) is 5.65. The Morgan fingerprint density at radius 2 is 1.92 bits per heavy atom. The van der Waals surface area contributed by atoms with Crippen molar-refractivity contribution in [1.82, 2.24) is 9.97 Å². The predicted octanol–water partition coefficient (Wildman–Crippen LogP) is 2.75. The summed E-state index contributed by atoms with van der Waals surface area (Å²) in [5.74, 6) is -0.403. The van der Waals surface area contributed by atoms with E-state index in [1.165, 1.54) is 6.20 Å². The fraction of sp³-hybridized carbons (Fsp3) is 0.500. The predicted molar refractivity (Wildman–Crippen MR) is 43.1 cm³/mol. The van der Waals surface area contributed by atoms with Crippen LogP contribution in [-0.4, -0.2) is 9.97 Å². The van der Waals surface area contributed by atoms with Crippen molar-refractivity contribution in [2.24, 2.45) is 0 Å². The molecule has 0 radical (unpaired) electrons. The molecule has 12 heavy (non-hydrogen) atoms. The van der Waals surface area contributed by atoms with Gasteiger partial charge in [0.1, 0.15) is 0 Å². The Morgan fingerprint density at radius 3 is 2.25 bits per heavy atom. The summed E-state index contributed by atoms with van der Waals surface area (Å²) in [6, 6.07) is 1.58. The standard InChI is InChI=1S/C6H6F2N2.C2H6/c1-4-2-3-9-6(10-4)5(7)8;1-2/h2-3,5H,1H3;1-2H3. The van der Waals surface area contributed by atoms with Crippen LogP contribution in [0.1, 0.15) is 31.8 Å². The van der Waals surface area contributed by atoms with Crippen LogP contribution in [0.5, 0.6) is 0 Å². The first-order valence-electron chi connectivity index (χ1n) is 3.78. The fourth-order valence-corrected chi connectivity index (χ4v) is 0.573. The number of aromatic nitrogens is 2. The Hall–Kier alpha value is -1.06. The minimum atomic E-state index is -2.57. The van der Waals surface area contributed by atoms with Crippen LogP contribution < -0.4 is 0 Å². The maximum absolute atomic E-state index is 11.8. The molecule has 4 heteroatoms. The summed E-state index contributed by atoms with van der Waals surface area (Å²) in [6.07, 6.45) is -1.25. The van der Waals surface area contributed by atoms with Crippen molar-refractivity contribution in [2.75, 3.05) is 0 Å². The molecule has 2 nitrogen and oxygen atoms in total. The van der Waals surface area contributed by atoms with E-state index in [1.807, 2.05) is 13.8 Å². The average molecular weight is 174 g/mol. The molecule has 1 aromatic heterocycles. The number of rotatable bonds is 1. The molecular weight excluding hydrogens is 162 g/mol. The SMILES string of the molecule is CC.Cc1ccnc(C(F)F)n1. The second kappa shape index (κ2) is 5.57. The number of hydrogen-bond acceptors (Lipinski definition) is 2. The van der Waals surface area contributed by atoms with Gasteiger partial charge in [0.2, 0.25) is 0 Å². The van der Waals surface area contributed by atoms with Gasteiger partial charge < -0.3 is 0 Å². The molecule has 0 spiro atoms. The highest BCUT2D eigenvalue weighted by Gasteiger charge is 2.08. The van der Waals surface area contributed by atoms with Gasteiger partial charge in [0.25, 0.3) is 6.43 Å². The van der Waals surface area contributed by atoms with Crippen LogP contribution >= 0.6 is 0 Å². The minimum Gasteiger partial charge on any atom is -0.236 e. The number of nitrogens with zero attached hydrogens (tertiary/aromatic N) is 2. The molecular formula is C8H12F2N2. The molecule has 0 unspecified atom stereocenters. The highest BCUT2D eigenvalue weighted by atomic mass is 19.3. The van der Waals surface area contributed by atoms with Gasteiger partial charge in [0.05, 0.1) is 0 Å². The second-order valence-corrected chi connectivity index (χ2v) is 1.86. The van der Waals surface area contributed by atoms with Crippen molar-refractivity contribution in [2.45, 2.75) is 27.2 Å². The van der Waals surface area contributed by atoms with E-state index in [9.17, 15) is 8.78 Å². The molecule has 0 aliphatic heterocycles. The normalized spacial score (nSPS) is 9.17. The number of hydrogen-bond donors (Lipinski definition) is 0. The average Bonchev–Trinajstić information content (AvgIpc) is 2.08. The second-order valence-electron chi connectivity index (χ2n) is 1.86. The molecule has 0 aliphatic rings. The Kier molecular flexibility index (Phi) is 5.08. The first-order chi connectivity index (χ1) is 5.70. The lowest BCUT2D eigenvalue weighted by Gasteiger charge is -1.96. The van der Waals surface area contributed by atoms with E-state index in [0.29, 0.717) is 5.69 Å². The smallest absolute Gasteiger partial charge is 0.236 e. The third-order valence-corrected chi connectivity index (χ3v) is 1.01. The van der Waals surface area contributed by atoms with Crippen LogP contribution in [0.25, 0.3) is 0 Å².